The van der Waals surface area contributed by atoms with Crippen molar-refractivity contribution in [2.75, 3.05) is 21.3 Å². The summed E-state index contributed by atoms with van der Waals surface area (Å²) in [6.45, 7) is 0. The summed E-state index contributed by atoms with van der Waals surface area (Å²) in [7, 11) is 4.53. The largest absolute Gasteiger partial charge is 0.497 e. The van der Waals surface area contributed by atoms with Crippen molar-refractivity contribution < 1.29 is 23.7 Å². The van der Waals surface area contributed by atoms with Crippen LogP contribution in [0.5, 0.6) is 11.5 Å². The third-order valence-electron chi connectivity index (χ3n) is 4.23. The first-order valence-electron chi connectivity index (χ1n) is 7.94. The highest BCUT2D eigenvalue weighted by Gasteiger charge is 2.42. The molecule has 0 spiro atoms. The van der Waals surface area contributed by atoms with Crippen LogP contribution in [0.2, 0.25) is 0 Å². The van der Waals surface area contributed by atoms with Gasteiger partial charge in [-0.3, -0.25) is 5.32 Å². The molecule has 1 aliphatic rings. The van der Waals surface area contributed by atoms with E-state index in [1.165, 1.54) is 7.11 Å². The lowest BCUT2D eigenvalue weighted by Gasteiger charge is -2.16. The number of hydrogen-bond donors (Lipinski definition) is 1. The molecule has 0 saturated carbocycles. The quantitative estimate of drug-likeness (QED) is 0.842. The Morgan fingerprint density at radius 1 is 1.04 bits per heavy atom. The van der Waals surface area contributed by atoms with Crippen LogP contribution in [0.1, 0.15) is 23.4 Å². The fourth-order valence-electron chi connectivity index (χ4n) is 2.95. The van der Waals surface area contributed by atoms with Gasteiger partial charge >= 0.3 is 5.97 Å². The van der Waals surface area contributed by atoms with Gasteiger partial charge in [-0.05, 0) is 17.7 Å². The Hall–Kier alpha value is -2.57. The zero-order valence-corrected chi connectivity index (χ0v) is 14.4. The number of carbonyl (C=O) groups is 1. The highest BCUT2D eigenvalue weighted by Crippen LogP contribution is 2.38. The van der Waals surface area contributed by atoms with Gasteiger partial charge in [0, 0.05) is 11.6 Å². The van der Waals surface area contributed by atoms with Crippen molar-refractivity contribution in [2.24, 2.45) is 0 Å². The van der Waals surface area contributed by atoms with E-state index >= 15 is 0 Å². The maximum absolute atomic E-state index is 12.2. The lowest BCUT2D eigenvalue weighted by molar-refractivity contribution is -0.154. The van der Waals surface area contributed by atoms with Crippen LogP contribution in [0.15, 0.2) is 48.5 Å². The van der Waals surface area contributed by atoms with Gasteiger partial charge in [0.2, 0.25) is 0 Å². The van der Waals surface area contributed by atoms with E-state index < -0.39 is 18.3 Å². The molecular formula is C19H21NO5. The van der Waals surface area contributed by atoms with Crippen LogP contribution >= 0.6 is 0 Å². The van der Waals surface area contributed by atoms with Crippen molar-refractivity contribution in [1.82, 2.24) is 5.32 Å². The van der Waals surface area contributed by atoms with Crippen LogP contribution in [0.4, 0.5) is 0 Å². The molecule has 1 N–H and O–H groups in total. The molecule has 0 aliphatic carbocycles. The average molecular weight is 343 g/mol. The van der Waals surface area contributed by atoms with Crippen LogP contribution < -0.4 is 14.8 Å². The van der Waals surface area contributed by atoms with Crippen LogP contribution in [0.25, 0.3) is 0 Å². The molecule has 1 saturated heterocycles. The normalized spacial score (nSPS) is 22.4. The Morgan fingerprint density at radius 2 is 1.80 bits per heavy atom. The molecule has 1 heterocycles. The maximum atomic E-state index is 12.2. The molecule has 1 unspecified atom stereocenters. The van der Waals surface area contributed by atoms with Gasteiger partial charge in [-0.15, -0.1) is 0 Å². The van der Waals surface area contributed by atoms with Crippen LogP contribution in [-0.4, -0.2) is 33.4 Å². The Kier molecular flexibility index (Phi) is 5.21. The molecule has 3 atom stereocenters. The number of methoxy groups -OCH3 is 3. The van der Waals surface area contributed by atoms with Gasteiger partial charge in [-0.2, -0.15) is 0 Å². The van der Waals surface area contributed by atoms with Gasteiger partial charge in [0.15, 0.2) is 6.10 Å². The van der Waals surface area contributed by atoms with Crippen molar-refractivity contribution in [1.29, 1.82) is 0 Å². The SMILES string of the molecule is COC(=O)[C@@H]1OC(c2ccc(OC)cc2OC)N[C@H]1c1ccccc1. The second kappa shape index (κ2) is 7.55. The van der Waals surface area contributed by atoms with Gasteiger partial charge < -0.3 is 18.9 Å². The highest BCUT2D eigenvalue weighted by molar-refractivity contribution is 5.76. The molecule has 132 valence electrons. The van der Waals surface area contributed by atoms with E-state index in [0.29, 0.717) is 11.5 Å². The summed E-state index contributed by atoms with van der Waals surface area (Å²) in [5.74, 6) is 0.883. The number of rotatable bonds is 5. The summed E-state index contributed by atoms with van der Waals surface area (Å²) in [6.07, 6.45) is -1.25. The summed E-state index contributed by atoms with van der Waals surface area (Å²) in [5.41, 5.74) is 1.74. The van der Waals surface area contributed by atoms with Crippen LogP contribution in [0.3, 0.4) is 0 Å². The summed E-state index contributed by atoms with van der Waals surface area (Å²) in [6, 6.07) is 14.8. The van der Waals surface area contributed by atoms with Gasteiger partial charge in [-0.25, -0.2) is 4.79 Å². The van der Waals surface area contributed by atoms with Crippen LogP contribution in [-0.2, 0) is 14.3 Å². The first kappa shape index (κ1) is 17.3. The summed E-state index contributed by atoms with van der Waals surface area (Å²) in [4.78, 5) is 12.2. The lowest BCUT2D eigenvalue weighted by Crippen LogP contribution is -2.30. The van der Waals surface area contributed by atoms with E-state index in [-0.39, 0.29) is 6.04 Å². The molecule has 25 heavy (non-hydrogen) atoms. The molecule has 6 heteroatoms. The van der Waals surface area contributed by atoms with E-state index in [9.17, 15) is 4.79 Å². The Bertz CT molecular complexity index is 734. The minimum Gasteiger partial charge on any atom is -0.497 e. The molecule has 3 rings (SSSR count). The fourth-order valence-corrected chi connectivity index (χ4v) is 2.95. The van der Waals surface area contributed by atoms with E-state index in [1.54, 1.807) is 20.3 Å². The summed E-state index contributed by atoms with van der Waals surface area (Å²) < 4.78 is 21.6. The fraction of sp³-hybridized carbons (Fsp3) is 0.316. The van der Waals surface area contributed by atoms with Crippen molar-refractivity contribution in [3.63, 3.8) is 0 Å². The average Bonchev–Trinajstić information content (AvgIpc) is 3.12. The van der Waals surface area contributed by atoms with Gasteiger partial charge in [0.1, 0.15) is 17.7 Å². The third kappa shape index (κ3) is 3.45. The monoisotopic (exact) mass is 343 g/mol. The van der Waals surface area contributed by atoms with Crippen molar-refractivity contribution in [3.8, 4) is 11.5 Å². The second-order valence-electron chi connectivity index (χ2n) is 5.62. The highest BCUT2D eigenvalue weighted by atomic mass is 16.6. The predicted octanol–water partition coefficient (Wildman–Crippen LogP) is 2.61. The second-order valence-corrected chi connectivity index (χ2v) is 5.62. The molecule has 0 amide bonds. The van der Waals surface area contributed by atoms with E-state index in [2.05, 4.69) is 5.32 Å². The number of nitrogens with one attached hydrogen (secondary N) is 1. The minimum absolute atomic E-state index is 0.314. The van der Waals surface area contributed by atoms with Crippen molar-refractivity contribution in [2.45, 2.75) is 18.4 Å². The van der Waals surface area contributed by atoms with Crippen molar-refractivity contribution >= 4 is 5.97 Å². The number of carbonyl (C=O) groups excluding carboxylic acids is 1. The molecule has 2 aromatic carbocycles. The lowest BCUT2D eigenvalue weighted by atomic mass is 10.0. The third-order valence-corrected chi connectivity index (χ3v) is 4.23. The predicted molar refractivity (Wildman–Crippen MR) is 91.5 cm³/mol. The standard InChI is InChI=1S/C19H21NO5/c1-22-13-9-10-14(15(11-13)23-2)18-20-16(12-7-5-4-6-8-12)17(25-18)19(21)24-3/h4-11,16-18,20H,1-3H3/t16-,17+,18?/m0/s1. The Balaban J connectivity index is 1.93. The molecule has 0 bridgehead atoms. The molecule has 0 radical (unpaired) electrons. The zero-order valence-electron chi connectivity index (χ0n) is 14.4. The molecule has 2 aromatic rings. The minimum atomic E-state index is -0.746. The van der Waals surface area contributed by atoms with Crippen molar-refractivity contribution in [3.05, 3.63) is 59.7 Å². The molecule has 0 aromatic heterocycles. The first-order chi connectivity index (χ1) is 12.2. The zero-order chi connectivity index (χ0) is 17.8. The maximum Gasteiger partial charge on any atom is 0.337 e. The molecule has 1 aliphatic heterocycles. The van der Waals surface area contributed by atoms with E-state index in [0.717, 1.165) is 11.1 Å². The topological polar surface area (TPSA) is 66.0 Å². The van der Waals surface area contributed by atoms with Crippen LogP contribution in [0, 0.1) is 0 Å². The summed E-state index contributed by atoms with van der Waals surface area (Å²) in [5, 5.41) is 3.36. The number of ether oxygens (including phenoxy) is 4. The molecular weight excluding hydrogens is 322 g/mol. The van der Waals surface area contributed by atoms with Gasteiger partial charge in [0.25, 0.3) is 0 Å². The number of esters is 1. The first-order valence-corrected chi connectivity index (χ1v) is 7.94. The van der Waals surface area contributed by atoms with E-state index in [1.807, 2.05) is 42.5 Å². The van der Waals surface area contributed by atoms with Gasteiger partial charge in [-0.1, -0.05) is 30.3 Å². The molecule has 6 nitrogen and oxygen atoms in total. The number of hydrogen-bond acceptors (Lipinski definition) is 6. The Labute approximate surface area is 146 Å². The number of benzene rings is 2. The smallest absolute Gasteiger partial charge is 0.337 e. The Morgan fingerprint density at radius 3 is 2.44 bits per heavy atom. The summed E-state index contributed by atoms with van der Waals surface area (Å²) >= 11 is 0. The van der Waals surface area contributed by atoms with Gasteiger partial charge in [0.05, 0.1) is 27.4 Å². The molecule has 1 fully saturated rings. The van der Waals surface area contributed by atoms with E-state index in [4.69, 9.17) is 18.9 Å².